The van der Waals surface area contributed by atoms with Crippen molar-refractivity contribution in [1.82, 2.24) is 0 Å². The van der Waals surface area contributed by atoms with Crippen molar-refractivity contribution in [3.63, 3.8) is 0 Å². The fraction of sp³-hybridized carbons (Fsp3) is 0.727. The topological polar surface area (TPSA) is 74.2 Å². The number of aliphatic hydroxyl groups excluding tert-OH is 1. The van der Waals surface area contributed by atoms with Crippen molar-refractivity contribution in [1.29, 1.82) is 0 Å². The van der Waals surface area contributed by atoms with Crippen LogP contribution in [0.3, 0.4) is 0 Å². The lowest BCUT2D eigenvalue weighted by atomic mass is 9.85. The lowest BCUT2D eigenvalue weighted by Crippen LogP contribution is -2.62. The Morgan fingerprint density at radius 2 is 2.18 bits per heavy atom. The first-order valence-electron chi connectivity index (χ1n) is 5.38. The summed E-state index contributed by atoms with van der Waals surface area (Å²) in [4.78, 5) is 11.1. The fourth-order valence-electron chi connectivity index (χ4n) is 2.43. The van der Waals surface area contributed by atoms with Crippen LogP contribution >= 0.6 is 0 Å². The molecule has 0 aromatic carbocycles. The Kier molecular flexibility index (Phi) is 3.11. The summed E-state index contributed by atoms with van der Waals surface area (Å²) in [6.45, 7) is 5.41. The van der Waals surface area contributed by atoms with Crippen LogP contribution in [0.15, 0.2) is 12.7 Å². The van der Waals surface area contributed by atoms with E-state index >= 15 is 0 Å². The maximum absolute atomic E-state index is 11.1. The molecule has 0 aromatic rings. The minimum absolute atomic E-state index is 0.462. The van der Waals surface area contributed by atoms with Crippen LogP contribution in [0.2, 0.25) is 0 Å². The number of methoxy groups -OCH3 is 1. The van der Waals surface area contributed by atoms with Crippen molar-refractivity contribution >= 4 is 6.16 Å². The second kappa shape index (κ2) is 4.29. The maximum Gasteiger partial charge on any atom is 0.509 e. The molecule has 17 heavy (non-hydrogen) atoms. The predicted molar refractivity (Wildman–Crippen MR) is 56.2 cm³/mol. The number of fused-ring (bicyclic) bond motifs is 1. The number of carbonyl (C=O) groups excluding carboxylic acids is 1. The molecule has 2 fully saturated rings. The van der Waals surface area contributed by atoms with Gasteiger partial charge in [0.25, 0.3) is 0 Å². The van der Waals surface area contributed by atoms with E-state index in [1.54, 1.807) is 13.0 Å². The first-order chi connectivity index (χ1) is 8.01. The van der Waals surface area contributed by atoms with Gasteiger partial charge in [-0.3, -0.25) is 0 Å². The van der Waals surface area contributed by atoms with Crippen LogP contribution in [0.25, 0.3) is 0 Å². The molecule has 6 nitrogen and oxygen atoms in total. The van der Waals surface area contributed by atoms with Gasteiger partial charge in [0.2, 0.25) is 0 Å². The van der Waals surface area contributed by atoms with Crippen molar-refractivity contribution in [2.24, 2.45) is 0 Å². The largest absolute Gasteiger partial charge is 0.509 e. The van der Waals surface area contributed by atoms with E-state index in [1.807, 2.05) is 0 Å². The zero-order chi connectivity index (χ0) is 12.6. The van der Waals surface area contributed by atoms with E-state index < -0.39 is 36.4 Å². The van der Waals surface area contributed by atoms with Gasteiger partial charge in [-0.15, -0.1) is 6.58 Å². The molecule has 0 aromatic heterocycles. The molecule has 2 aliphatic heterocycles. The standard InChI is InChI=1S/C11H16O6/c1-4-5-11(2)8(14-3)6-7(9(12)17-11)16-10(13)15-6/h4,6-9,12H,1,5H2,2-3H3/t6-,7+,8+,9?,11-/m0/s1. The minimum Gasteiger partial charge on any atom is -0.424 e. The summed E-state index contributed by atoms with van der Waals surface area (Å²) in [5, 5.41) is 9.80. The van der Waals surface area contributed by atoms with Crippen LogP contribution in [-0.4, -0.2) is 48.6 Å². The van der Waals surface area contributed by atoms with Crippen LogP contribution in [0.4, 0.5) is 4.79 Å². The second-order valence-electron chi connectivity index (χ2n) is 4.39. The normalized spacial score (nSPS) is 44.8. The third-order valence-electron chi connectivity index (χ3n) is 3.16. The van der Waals surface area contributed by atoms with E-state index in [0.29, 0.717) is 6.42 Å². The van der Waals surface area contributed by atoms with Gasteiger partial charge in [0, 0.05) is 7.11 Å². The molecule has 1 N–H and O–H groups in total. The van der Waals surface area contributed by atoms with Crippen LogP contribution in [0, 0.1) is 0 Å². The van der Waals surface area contributed by atoms with Gasteiger partial charge in [0.05, 0.1) is 0 Å². The van der Waals surface area contributed by atoms with Crippen molar-refractivity contribution in [3.8, 4) is 0 Å². The first-order valence-corrected chi connectivity index (χ1v) is 5.38. The summed E-state index contributed by atoms with van der Waals surface area (Å²) in [5.41, 5.74) is -0.801. The van der Waals surface area contributed by atoms with Gasteiger partial charge in [-0.2, -0.15) is 0 Å². The Bertz CT molecular complexity index is 330. The summed E-state index contributed by atoms with van der Waals surface area (Å²) in [7, 11) is 1.50. The molecule has 2 aliphatic rings. The molecule has 2 rings (SSSR count). The monoisotopic (exact) mass is 244 g/mol. The number of carbonyl (C=O) groups is 1. The highest BCUT2D eigenvalue weighted by molar-refractivity contribution is 5.63. The molecule has 0 bridgehead atoms. The molecule has 6 heteroatoms. The maximum atomic E-state index is 11.1. The van der Waals surface area contributed by atoms with Gasteiger partial charge < -0.3 is 24.1 Å². The molecule has 0 spiro atoms. The van der Waals surface area contributed by atoms with Crippen LogP contribution in [-0.2, 0) is 18.9 Å². The lowest BCUT2D eigenvalue weighted by Gasteiger charge is -2.45. The molecule has 2 saturated heterocycles. The van der Waals surface area contributed by atoms with E-state index in [4.69, 9.17) is 18.9 Å². The molecule has 0 saturated carbocycles. The van der Waals surface area contributed by atoms with Gasteiger partial charge >= 0.3 is 6.16 Å². The number of hydrogen-bond acceptors (Lipinski definition) is 6. The molecule has 1 unspecified atom stereocenters. The molecular formula is C11H16O6. The molecule has 96 valence electrons. The highest BCUT2D eigenvalue weighted by atomic mass is 16.8. The van der Waals surface area contributed by atoms with E-state index in [-0.39, 0.29) is 0 Å². The Balaban J connectivity index is 2.27. The SMILES string of the molecule is C=CC[C@]1(C)OC(O)[C@@H]2OC(=O)O[C@@H]2[C@H]1OC. The predicted octanol–water partition coefficient (Wildman–Crippen LogP) is 0.589. The summed E-state index contributed by atoms with van der Waals surface area (Å²) < 4.78 is 20.7. The molecule has 0 radical (unpaired) electrons. The zero-order valence-corrected chi connectivity index (χ0v) is 9.79. The van der Waals surface area contributed by atoms with Crippen molar-refractivity contribution in [2.75, 3.05) is 7.11 Å². The van der Waals surface area contributed by atoms with E-state index in [2.05, 4.69) is 6.58 Å². The van der Waals surface area contributed by atoms with Crippen molar-refractivity contribution in [3.05, 3.63) is 12.7 Å². The fourth-order valence-corrected chi connectivity index (χ4v) is 2.43. The third kappa shape index (κ3) is 1.92. The summed E-state index contributed by atoms with van der Waals surface area (Å²) in [6.07, 6.45) is -1.93. The minimum atomic E-state index is -1.22. The van der Waals surface area contributed by atoms with Gasteiger partial charge in [-0.05, 0) is 13.3 Å². The summed E-state index contributed by atoms with van der Waals surface area (Å²) in [5.74, 6) is 0. The number of hydrogen-bond donors (Lipinski definition) is 1. The summed E-state index contributed by atoms with van der Waals surface area (Å²) >= 11 is 0. The van der Waals surface area contributed by atoms with Crippen LogP contribution in [0.1, 0.15) is 13.3 Å². The average molecular weight is 244 g/mol. The van der Waals surface area contributed by atoms with Crippen LogP contribution in [0.5, 0.6) is 0 Å². The Morgan fingerprint density at radius 1 is 1.53 bits per heavy atom. The van der Waals surface area contributed by atoms with Gasteiger partial charge in [-0.1, -0.05) is 6.08 Å². The number of aliphatic hydroxyl groups is 1. The van der Waals surface area contributed by atoms with Crippen molar-refractivity contribution < 1.29 is 28.8 Å². The molecule has 2 heterocycles. The quantitative estimate of drug-likeness (QED) is 0.578. The third-order valence-corrected chi connectivity index (χ3v) is 3.16. The van der Waals surface area contributed by atoms with E-state index in [9.17, 15) is 9.90 Å². The first kappa shape index (κ1) is 12.3. The lowest BCUT2D eigenvalue weighted by molar-refractivity contribution is -0.296. The Hall–Kier alpha value is -1.11. The number of rotatable bonds is 3. The van der Waals surface area contributed by atoms with Gasteiger partial charge in [-0.25, -0.2) is 4.79 Å². The summed E-state index contributed by atoms with van der Waals surface area (Å²) in [6, 6.07) is 0. The number of ether oxygens (including phenoxy) is 4. The zero-order valence-electron chi connectivity index (χ0n) is 9.79. The average Bonchev–Trinajstić information content (AvgIpc) is 2.60. The Labute approximate surface area is 99.1 Å². The second-order valence-corrected chi connectivity index (χ2v) is 4.39. The Morgan fingerprint density at radius 3 is 2.76 bits per heavy atom. The molecular weight excluding hydrogens is 228 g/mol. The molecule has 0 amide bonds. The smallest absolute Gasteiger partial charge is 0.424 e. The van der Waals surface area contributed by atoms with Gasteiger partial charge in [0.1, 0.15) is 11.7 Å². The molecule has 0 aliphatic carbocycles. The van der Waals surface area contributed by atoms with Crippen LogP contribution < -0.4 is 0 Å². The van der Waals surface area contributed by atoms with Crippen molar-refractivity contribution in [2.45, 2.75) is 43.5 Å². The highest BCUT2D eigenvalue weighted by Crippen LogP contribution is 2.38. The van der Waals surface area contributed by atoms with Gasteiger partial charge in [0.15, 0.2) is 18.5 Å². The molecule has 5 atom stereocenters. The van der Waals surface area contributed by atoms with E-state index in [0.717, 1.165) is 0 Å². The van der Waals surface area contributed by atoms with E-state index in [1.165, 1.54) is 7.11 Å². The highest BCUT2D eigenvalue weighted by Gasteiger charge is 2.58.